The summed E-state index contributed by atoms with van der Waals surface area (Å²) in [4.78, 5) is 9.53. The molecule has 0 spiro atoms. The summed E-state index contributed by atoms with van der Waals surface area (Å²) in [5.74, 6) is 1.71. The monoisotopic (exact) mass is 323 g/mol. The van der Waals surface area contributed by atoms with Crippen molar-refractivity contribution < 1.29 is 0 Å². The van der Waals surface area contributed by atoms with Crippen LogP contribution < -0.4 is 0 Å². The van der Waals surface area contributed by atoms with Crippen molar-refractivity contribution in [3.8, 4) is 0 Å². The molecule has 2 aromatic rings. The van der Waals surface area contributed by atoms with Crippen molar-refractivity contribution in [2.75, 3.05) is 12.1 Å². The van der Waals surface area contributed by atoms with Crippen molar-refractivity contribution in [2.24, 2.45) is 0 Å². The number of fused-ring (bicyclic) bond motifs is 1. The minimum atomic E-state index is 0.522. The molecule has 0 radical (unpaired) electrons. The summed E-state index contributed by atoms with van der Waals surface area (Å²) in [6.45, 7) is 2.05. The average molecular weight is 324 g/mol. The van der Waals surface area contributed by atoms with Crippen molar-refractivity contribution >= 4 is 34.5 Å². The van der Waals surface area contributed by atoms with Crippen LogP contribution in [0.3, 0.4) is 0 Å². The van der Waals surface area contributed by atoms with Gasteiger partial charge in [-0.25, -0.2) is 9.97 Å². The lowest BCUT2D eigenvalue weighted by molar-refractivity contribution is 0.359. The highest BCUT2D eigenvalue weighted by molar-refractivity contribution is 7.99. The van der Waals surface area contributed by atoms with Crippen molar-refractivity contribution in [1.29, 1.82) is 0 Å². The Morgan fingerprint density at radius 1 is 1.33 bits per heavy atom. The maximum atomic E-state index is 5.98. The van der Waals surface area contributed by atoms with Gasteiger partial charge in [0.15, 0.2) is 5.65 Å². The zero-order chi connectivity index (χ0) is 14.8. The number of nitrogens with zero attached hydrogens (tertiary/aromatic N) is 3. The van der Waals surface area contributed by atoms with Crippen molar-refractivity contribution in [3.05, 3.63) is 23.7 Å². The van der Waals surface area contributed by atoms with Crippen LogP contribution in [0.25, 0.3) is 11.2 Å². The molecule has 2 aromatic heterocycles. The molecule has 0 bridgehead atoms. The fraction of sp³-hybridized carbons (Fsp3) is 0.625. The number of alkyl halides is 1. The van der Waals surface area contributed by atoms with Crippen molar-refractivity contribution in [1.82, 2.24) is 14.5 Å². The Kier molecular flexibility index (Phi) is 4.75. The molecule has 0 saturated heterocycles. The minimum absolute atomic E-state index is 0.522. The van der Waals surface area contributed by atoms with E-state index in [0.29, 0.717) is 11.9 Å². The molecule has 3 nitrogen and oxygen atoms in total. The topological polar surface area (TPSA) is 30.7 Å². The van der Waals surface area contributed by atoms with E-state index in [-0.39, 0.29) is 0 Å². The molecule has 1 saturated carbocycles. The molecule has 5 heteroatoms. The average Bonchev–Trinajstić information content (AvgIpc) is 2.85. The quantitative estimate of drug-likeness (QED) is 0.783. The maximum absolute atomic E-state index is 5.98. The number of hydrogen-bond acceptors (Lipinski definition) is 3. The van der Waals surface area contributed by atoms with Gasteiger partial charge in [0.25, 0.3) is 0 Å². The summed E-state index contributed by atoms with van der Waals surface area (Å²) < 4.78 is 2.38. The molecule has 2 heterocycles. The van der Waals surface area contributed by atoms with Gasteiger partial charge in [-0.3, -0.25) is 0 Å². The Bertz CT molecular complexity index is 625. The second kappa shape index (κ2) is 6.57. The minimum Gasteiger partial charge on any atom is -0.310 e. The van der Waals surface area contributed by atoms with E-state index in [0.717, 1.165) is 34.4 Å². The fourth-order valence-corrected chi connectivity index (χ4v) is 4.31. The maximum Gasteiger partial charge on any atom is 0.160 e. The Hall–Kier alpha value is -0.740. The third kappa shape index (κ3) is 3.07. The van der Waals surface area contributed by atoms with Crippen LogP contribution in [0.15, 0.2) is 12.1 Å². The van der Waals surface area contributed by atoms with E-state index in [2.05, 4.69) is 16.9 Å². The van der Waals surface area contributed by atoms with Gasteiger partial charge in [-0.1, -0.05) is 6.42 Å². The number of halogens is 1. The Morgan fingerprint density at radius 2 is 2.19 bits per heavy atom. The van der Waals surface area contributed by atoms with Crippen LogP contribution in [0.5, 0.6) is 0 Å². The standard InChI is InChI=1S/C16H22ClN3S/c1-11-6-7-14-16(18-11)20(15(19-14)8-9-17)12-4-3-5-13(10-12)21-2/h6-7,12-13H,3-5,8-10H2,1-2H3. The molecule has 3 rings (SSSR count). The summed E-state index contributed by atoms with van der Waals surface area (Å²) in [6.07, 6.45) is 8.12. The molecule has 1 aliphatic carbocycles. The highest BCUT2D eigenvalue weighted by atomic mass is 35.5. The zero-order valence-corrected chi connectivity index (χ0v) is 14.3. The first-order valence-electron chi connectivity index (χ1n) is 7.66. The Labute approximate surface area is 135 Å². The van der Waals surface area contributed by atoms with Gasteiger partial charge in [0.05, 0.1) is 0 Å². The summed E-state index contributed by atoms with van der Waals surface area (Å²) >= 11 is 7.98. The Balaban J connectivity index is 2.05. The van der Waals surface area contributed by atoms with Crippen LogP contribution in [0.4, 0.5) is 0 Å². The first kappa shape index (κ1) is 15.2. The number of imidazole rings is 1. The Morgan fingerprint density at radius 3 is 2.95 bits per heavy atom. The number of rotatable bonds is 4. The third-order valence-corrected chi connectivity index (χ3v) is 5.65. The molecule has 2 atom stereocenters. The molecule has 0 aliphatic heterocycles. The fourth-order valence-electron chi connectivity index (χ4n) is 3.33. The van der Waals surface area contributed by atoms with Gasteiger partial charge in [0.1, 0.15) is 11.3 Å². The largest absolute Gasteiger partial charge is 0.310 e. The van der Waals surface area contributed by atoms with E-state index in [1.54, 1.807) is 0 Å². The number of thioether (sulfide) groups is 1. The van der Waals surface area contributed by atoms with E-state index in [9.17, 15) is 0 Å². The van der Waals surface area contributed by atoms with Crippen LogP contribution in [0, 0.1) is 6.92 Å². The molecule has 2 unspecified atom stereocenters. The second-order valence-electron chi connectivity index (χ2n) is 5.81. The van der Waals surface area contributed by atoms with Gasteiger partial charge in [-0.2, -0.15) is 11.8 Å². The predicted octanol–water partition coefficient (Wildman–Crippen LogP) is 4.37. The first-order valence-corrected chi connectivity index (χ1v) is 9.48. The zero-order valence-electron chi connectivity index (χ0n) is 12.7. The molecular weight excluding hydrogens is 302 g/mol. The third-order valence-electron chi connectivity index (χ3n) is 4.36. The molecule has 1 fully saturated rings. The van der Waals surface area contributed by atoms with Gasteiger partial charge in [0, 0.05) is 29.3 Å². The molecular formula is C16H22ClN3S. The lowest BCUT2D eigenvalue weighted by Crippen LogP contribution is -2.22. The van der Waals surface area contributed by atoms with E-state index in [4.69, 9.17) is 21.6 Å². The first-order chi connectivity index (χ1) is 10.2. The number of aryl methyl sites for hydroxylation is 2. The molecule has 0 amide bonds. The van der Waals surface area contributed by atoms with E-state index in [1.165, 1.54) is 25.7 Å². The molecule has 0 aromatic carbocycles. The van der Waals surface area contributed by atoms with Crippen LogP contribution in [0.1, 0.15) is 43.2 Å². The molecule has 0 N–H and O–H groups in total. The lowest BCUT2D eigenvalue weighted by atomic mass is 9.94. The number of hydrogen-bond donors (Lipinski definition) is 0. The van der Waals surface area contributed by atoms with Gasteiger partial charge in [-0.15, -0.1) is 11.6 Å². The highest BCUT2D eigenvalue weighted by Crippen LogP contribution is 2.36. The molecule has 21 heavy (non-hydrogen) atoms. The summed E-state index contributed by atoms with van der Waals surface area (Å²) in [5.41, 5.74) is 3.10. The lowest BCUT2D eigenvalue weighted by Gasteiger charge is -2.30. The highest BCUT2D eigenvalue weighted by Gasteiger charge is 2.26. The second-order valence-corrected chi connectivity index (χ2v) is 7.33. The van der Waals surface area contributed by atoms with Crippen molar-refractivity contribution in [2.45, 2.75) is 50.3 Å². The summed E-state index contributed by atoms with van der Waals surface area (Å²) in [6, 6.07) is 4.64. The van der Waals surface area contributed by atoms with Gasteiger partial charge in [0.2, 0.25) is 0 Å². The predicted molar refractivity (Wildman–Crippen MR) is 91.5 cm³/mol. The summed E-state index contributed by atoms with van der Waals surface area (Å²) in [7, 11) is 0. The van der Waals surface area contributed by atoms with Gasteiger partial charge < -0.3 is 4.57 Å². The van der Waals surface area contributed by atoms with E-state index >= 15 is 0 Å². The SMILES string of the molecule is CSC1CCCC(n2c(CCCl)nc3ccc(C)nc32)C1. The van der Waals surface area contributed by atoms with Gasteiger partial charge in [-0.05, 0) is 44.6 Å². The normalized spacial score (nSPS) is 22.8. The summed E-state index contributed by atoms with van der Waals surface area (Å²) in [5, 5.41) is 0.759. The van der Waals surface area contributed by atoms with E-state index in [1.807, 2.05) is 24.8 Å². The van der Waals surface area contributed by atoms with Crippen LogP contribution in [-0.2, 0) is 6.42 Å². The number of pyridine rings is 1. The van der Waals surface area contributed by atoms with Crippen molar-refractivity contribution in [3.63, 3.8) is 0 Å². The van der Waals surface area contributed by atoms with E-state index < -0.39 is 0 Å². The van der Waals surface area contributed by atoms with Crippen LogP contribution >= 0.6 is 23.4 Å². The smallest absolute Gasteiger partial charge is 0.160 e. The number of aromatic nitrogens is 3. The van der Waals surface area contributed by atoms with Crippen LogP contribution in [-0.4, -0.2) is 31.9 Å². The molecule has 114 valence electrons. The van der Waals surface area contributed by atoms with Crippen LogP contribution in [0.2, 0.25) is 0 Å². The van der Waals surface area contributed by atoms with Gasteiger partial charge >= 0.3 is 0 Å². The molecule has 1 aliphatic rings.